The second kappa shape index (κ2) is 6.93. The minimum atomic E-state index is -3.15. The average molecular weight is 344 g/mol. The van der Waals surface area contributed by atoms with E-state index in [2.05, 4.69) is 22.0 Å². The van der Waals surface area contributed by atoms with E-state index in [4.69, 9.17) is 16.9 Å². The summed E-state index contributed by atoms with van der Waals surface area (Å²) in [6.07, 6.45) is 1.97. The molecule has 1 atom stereocenters. The van der Waals surface area contributed by atoms with Gasteiger partial charge in [0.1, 0.15) is 4.83 Å². The van der Waals surface area contributed by atoms with Crippen molar-refractivity contribution in [2.24, 2.45) is 5.92 Å². The summed E-state index contributed by atoms with van der Waals surface area (Å²) in [5, 5.41) is 8.79. The fourth-order valence-electron chi connectivity index (χ4n) is 1.92. The number of hydrogen-bond acceptors (Lipinski definition) is 3. The monoisotopic (exact) mass is 342 g/mol. The van der Waals surface area contributed by atoms with Crippen molar-refractivity contribution in [2.45, 2.75) is 24.1 Å². The minimum absolute atomic E-state index is 0.122. The summed E-state index contributed by atoms with van der Waals surface area (Å²) < 4.78 is 25.3. The molecule has 0 spiro atoms. The molecule has 98 valence electrons. The lowest BCUT2D eigenvalue weighted by Crippen LogP contribution is -2.41. The highest BCUT2D eigenvalue weighted by atomic mass is 79.9. The largest absolute Gasteiger partial charge is 0.214 e. The van der Waals surface area contributed by atoms with Crippen LogP contribution in [0.1, 0.15) is 19.3 Å². The number of alkyl halides is 2. The van der Waals surface area contributed by atoms with Crippen molar-refractivity contribution in [3.63, 3.8) is 0 Å². The van der Waals surface area contributed by atoms with Crippen LogP contribution in [-0.2, 0) is 10.0 Å². The zero-order valence-corrected chi connectivity index (χ0v) is 12.6. The van der Waals surface area contributed by atoms with Crippen LogP contribution in [0.15, 0.2) is 0 Å². The first-order valence-electron chi connectivity index (χ1n) is 5.58. The Bertz CT molecular complexity index is 374. The lowest BCUT2D eigenvalue weighted by Gasteiger charge is -2.31. The van der Waals surface area contributed by atoms with Crippen LogP contribution in [0.25, 0.3) is 0 Å². The maximum absolute atomic E-state index is 11.9. The number of sulfonamides is 1. The molecule has 0 aromatic carbocycles. The van der Waals surface area contributed by atoms with Gasteiger partial charge in [-0.05, 0) is 25.2 Å². The number of nitriles is 1. The highest BCUT2D eigenvalue weighted by Crippen LogP contribution is 2.26. The predicted molar refractivity (Wildman–Crippen MR) is 71.7 cm³/mol. The second-order valence-corrected chi connectivity index (χ2v) is 7.58. The molecule has 1 aliphatic rings. The topological polar surface area (TPSA) is 61.2 Å². The Morgan fingerprint density at radius 1 is 1.47 bits per heavy atom. The third kappa shape index (κ3) is 4.40. The van der Waals surface area contributed by atoms with Crippen LogP contribution < -0.4 is 0 Å². The molecule has 0 aliphatic carbocycles. The molecule has 0 saturated carbocycles. The minimum Gasteiger partial charge on any atom is -0.212 e. The van der Waals surface area contributed by atoms with Gasteiger partial charge < -0.3 is 0 Å². The van der Waals surface area contributed by atoms with Crippen molar-refractivity contribution in [2.75, 3.05) is 24.7 Å². The van der Waals surface area contributed by atoms with E-state index in [0.29, 0.717) is 25.4 Å². The Hall–Kier alpha value is 0.170. The Morgan fingerprint density at radius 3 is 2.53 bits per heavy atom. The van der Waals surface area contributed by atoms with Crippen LogP contribution in [0, 0.1) is 17.2 Å². The highest BCUT2D eigenvalue weighted by Gasteiger charge is 2.30. The van der Waals surface area contributed by atoms with Gasteiger partial charge in [-0.1, -0.05) is 15.9 Å². The zero-order chi connectivity index (χ0) is 12.9. The fraction of sp³-hybridized carbons (Fsp3) is 0.900. The number of rotatable bonds is 5. The van der Waals surface area contributed by atoms with E-state index in [1.807, 2.05) is 0 Å². The van der Waals surface area contributed by atoms with Gasteiger partial charge in [0.15, 0.2) is 0 Å². The molecule has 4 nitrogen and oxygen atoms in total. The third-order valence-electron chi connectivity index (χ3n) is 2.97. The maximum atomic E-state index is 11.9. The molecular weight excluding hydrogens is 328 g/mol. The van der Waals surface area contributed by atoms with Gasteiger partial charge in [-0.25, -0.2) is 12.7 Å². The van der Waals surface area contributed by atoms with Crippen LogP contribution in [0.5, 0.6) is 0 Å². The maximum Gasteiger partial charge on any atom is 0.214 e. The first-order valence-corrected chi connectivity index (χ1v) is 8.64. The lowest BCUT2D eigenvalue weighted by atomic mass is 9.95. The Balaban J connectivity index is 2.49. The third-order valence-corrected chi connectivity index (χ3v) is 6.14. The quantitative estimate of drug-likeness (QED) is 0.717. The van der Waals surface area contributed by atoms with Gasteiger partial charge in [0.25, 0.3) is 0 Å². The van der Waals surface area contributed by atoms with Crippen LogP contribution in [0.2, 0.25) is 0 Å². The first kappa shape index (κ1) is 15.2. The summed E-state index contributed by atoms with van der Waals surface area (Å²) in [6.45, 7) is 1.03. The summed E-state index contributed by atoms with van der Waals surface area (Å²) in [5.74, 6) is 0.740. The first-order chi connectivity index (χ1) is 8.01. The van der Waals surface area contributed by atoms with Crippen LogP contribution in [0.3, 0.4) is 0 Å². The number of hydrogen-bond donors (Lipinski definition) is 0. The lowest BCUT2D eigenvalue weighted by molar-refractivity contribution is 0.281. The molecule has 1 unspecified atom stereocenters. The number of piperidine rings is 1. The molecule has 1 rings (SSSR count). The normalized spacial score (nSPS) is 21.0. The van der Waals surface area contributed by atoms with E-state index in [-0.39, 0.29) is 16.5 Å². The standard InChI is InChI=1S/C10H16BrClN2O2S/c11-10(8-13)9-2-5-14(6-3-9)17(15,16)7-1-4-12/h9-10H,1-7H2. The van der Waals surface area contributed by atoms with Gasteiger partial charge in [0, 0.05) is 19.0 Å². The predicted octanol–water partition coefficient (Wildman–Crippen LogP) is 1.94. The smallest absolute Gasteiger partial charge is 0.212 e. The second-order valence-electron chi connectivity index (χ2n) is 4.13. The molecule has 1 aliphatic heterocycles. The molecule has 7 heteroatoms. The van der Waals surface area contributed by atoms with Crippen LogP contribution >= 0.6 is 27.5 Å². The molecule has 17 heavy (non-hydrogen) atoms. The molecule has 0 radical (unpaired) electrons. The van der Waals surface area contributed by atoms with Crippen molar-refractivity contribution in [1.29, 1.82) is 5.26 Å². The summed E-state index contributed by atoms with van der Waals surface area (Å²) in [5.41, 5.74) is 0. The molecule has 0 bridgehead atoms. The molecule has 1 saturated heterocycles. The number of halogens is 2. The zero-order valence-electron chi connectivity index (χ0n) is 9.48. The van der Waals surface area contributed by atoms with E-state index in [0.717, 1.165) is 12.8 Å². The molecule has 0 aromatic rings. The molecular formula is C10H16BrClN2O2S. The van der Waals surface area contributed by atoms with Gasteiger partial charge in [-0.3, -0.25) is 0 Å². The summed E-state index contributed by atoms with van der Waals surface area (Å²) in [7, 11) is -3.15. The van der Waals surface area contributed by atoms with Crippen molar-refractivity contribution in [3.05, 3.63) is 0 Å². The fourth-order valence-corrected chi connectivity index (χ4v) is 4.27. The molecule has 1 fully saturated rings. The van der Waals surface area contributed by atoms with Gasteiger partial charge in [0.2, 0.25) is 10.0 Å². The Kier molecular flexibility index (Phi) is 6.21. The molecule has 0 N–H and O–H groups in total. The van der Waals surface area contributed by atoms with E-state index >= 15 is 0 Å². The van der Waals surface area contributed by atoms with E-state index in [1.54, 1.807) is 0 Å². The number of nitrogens with zero attached hydrogens (tertiary/aromatic N) is 2. The van der Waals surface area contributed by atoms with E-state index in [1.165, 1.54) is 4.31 Å². The molecule has 0 amide bonds. The van der Waals surface area contributed by atoms with Crippen molar-refractivity contribution in [1.82, 2.24) is 4.31 Å². The summed E-state index contributed by atoms with van der Waals surface area (Å²) in [4.78, 5) is -0.171. The SMILES string of the molecule is N#CC(Br)C1CCN(S(=O)(=O)CCCCl)CC1. The van der Waals surface area contributed by atoms with Crippen molar-refractivity contribution < 1.29 is 8.42 Å². The van der Waals surface area contributed by atoms with E-state index in [9.17, 15) is 8.42 Å². The van der Waals surface area contributed by atoms with E-state index < -0.39 is 10.0 Å². The van der Waals surface area contributed by atoms with Gasteiger partial charge in [-0.2, -0.15) is 5.26 Å². The van der Waals surface area contributed by atoms with Crippen LogP contribution in [0.4, 0.5) is 0 Å². The van der Waals surface area contributed by atoms with Gasteiger partial charge in [-0.15, -0.1) is 11.6 Å². The highest BCUT2D eigenvalue weighted by molar-refractivity contribution is 9.09. The molecule has 0 aromatic heterocycles. The Morgan fingerprint density at radius 2 is 2.06 bits per heavy atom. The van der Waals surface area contributed by atoms with Gasteiger partial charge in [0.05, 0.1) is 11.8 Å². The Labute approximate surface area is 116 Å². The van der Waals surface area contributed by atoms with Gasteiger partial charge >= 0.3 is 0 Å². The van der Waals surface area contributed by atoms with Crippen molar-refractivity contribution in [3.8, 4) is 6.07 Å². The average Bonchev–Trinajstić information content (AvgIpc) is 2.35. The summed E-state index contributed by atoms with van der Waals surface area (Å²) in [6, 6.07) is 2.15. The molecule has 1 heterocycles. The van der Waals surface area contributed by atoms with Crippen LogP contribution in [-0.4, -0.2) is 42.3 Å². The van der Waals surface area contributed by atoms with Crippen molar-refractivity contribution >= 4 is 37.6 Å². The summed E-state index contributed by atoms with van der Waals surface area (Å²) >= 11 is 8.81.